The molecule has 0 atom stereocenters. The summed E-state index contributed by atoms with van der Waals surface area (Å²) in [5.41, 5.74) is 7.75. The van der Waals surface area contributed by atoms with E-state index in [9.17, 15) is 4.79 Å². The summed E-state index contributed by atoms with van der Waals surface area (Å²) in [5.74, 6) is 0.415. The van der Waals surface area contributed by atoms with E-state index in [-0.39, 0.29) is 5.91 Å². The van der Waals surface area contributed by atoms with Gasteiger partial charge in [0.05, 0.1) is 12.3 Å². The number of aryl methyl sites for hydroxylation is 1. The Labute approximate surface area is 121 Å². The average molecular weight is 292 g/mol. The zero-order valence-corrected chi connectivity index (χ0v) is 12.3. The Morgan fingerprint density at radius 3 is 3.00 bits per heavy atom. The molecule has 0 fully saturated rings. The largest absolute Gasteiger partial charge is 0.398 e. The van der Waals surface area contributed by atoms with Crippen molar-refractivity contribution in [2.24, 2.45) is 0 Å². The van der Waals surface area contributed by atoms with E-state index in [0.29, 0.717) is 12.3 Å². The van der Waals surface area contributed by atoms with Crippen molar-refractivity contribution in [3.05, 3.63) is 46.2 Å². The summed E-state index contributed by atoms with van der Waals surface area (Å²) < 4.78 is 0. The molecule has 0 aliphatic rings. The lowest BCUT2D eigenvalue weighted by Gasteiger charge is -2.07. The molecule has 5 heteroatoms. The number of rotatable bonds is 5. The highest BCUT2D eigenvalue weighted by molar-refractivity contribution is 8.00. The molecule has 1 aromatic carbocycles. The Kier molecular flexibility index (Phi) is 4.87. The molecule has 0 unspecified atom stereocenters. The molecule has 3 N–H and O–H groups in total. The Bertz CT molecular complexity index is 553. The summed E-state index contributed by atoms with van der Waals surface area (Å²) in [7, 11) is 0. The molecule has 0 saturated carbocycles. The monoisotopic (exact) mass is 292 g/mol. The maximum absolute atomic E-state index is 11.7. The molecule has 0 saturated heterocycles. The molecule has 1 amide bonds. The van der Waals surface area contributed by atoms with Crippen LogP contribution in [0.2, 0.25) is 0 Å². The fraction of sp³-hybridized carbons (Fsp3) is 0.214. The number of benzene rings is 1. The number of carbonyl (C=O) groups is 1. The number of hydrogen-bond donors (Lipinski definition) is 2. The van der Waals surface area contributed by atoms with E-state index in [1.54, 1.807) is 11.3 Å². The molecule has 100 valence electrons. The average Bonchev–Trinajstić information content (AvgIpc) is 2.90. The van der Waals surface area contributed by atoms with Crippen LogP contribution in [0.5, 0.6) is 0 Å². The van der Waals surface area contributed by atoms with Crippen LogP contribution in [-0.4, -0.2) is 11.7 Å². The van der Waals surface area contributed by atoms with Gasteiger partial charge in [0, 0.05) is 15.5 Å². The summed E-state index contributed by atoms with van der Waals surface area (Å²) in [6, 6.07) is 9.84. The van der Waals surface area contributed by atoms with Crippen molar-refractivity contribution in [2.75, 3.05) is 11.5 Å². The molecule has 1 aromatic heterocycles. The third kappa shape index (κ3) is 4.29. The highest BCUT2D eigenvalue weighted by Gasteiger charge is 2.06. The van der Waals surface area contributed by atoms with Crippen molar-refractivity contribution in [3.8, 4) is 0 Å². The fourth-order valence-electron chi connectivity index (χ4n) is 1.56. The van der Waals surface area contributed by atoms with Crippen molar-refractivity contribution >= 4 is 34.7 Å². The van der Waals surface area contributed by atoms with Gasteiger partial charge < -0.3 is 11.1 Å². The molecule has 3 nitrogen and oxygen atoms in total. The van der Waals surface area contributed by atoms with Gasteiger partial charge in [-0.25, -0.2) is 0 Å². The van der Waals surface area contributed by atoms with Crippen LogP contribution in [0.3, 0.4) is 0 Å². The van der Waals surface area contributed by atoms with Crippen molar-refractivity contribution in [3.63, 3.8) is 0 Å². The summed E-state index contributed by atoms with van der Waals surface area (Å²) >= 11 is 3.12. The zero-order chi connectivity index (χ0) is 13.7. The SMILES string of the molecule is Cc1ccc(N)c(SCC(=O)NCc2cccs2)c1. The molecule has 19 heavy (non-hydrogen) atoms. The quantitative estimate of drug-likeness (QED) is 0.658. The Morgan fingerprint density at radius 2 is 2.26 bits per heavy atom. The summed E-state index contributed by atoms with van der Waals surface area (Å²) in [6.45, 7) is 2.61. The third-order valence-electron chi connectivity index (χ3n) is 2.57. The van der Waals surface area contributed by atoms with Crippen LogP contribution in [0.15, 0.2) is 40.6 Å². The number of hydrogen-bond acceptors (Lipinski definition) is 4. The second kappa shape index (κ2) is 6.63. The molecule has 0 bridgehead atoms. The van der Waals surface area contributed by atoms with E-state index in [1.807, 2.05) is 42.6 Å². The molecule has 0 aliphatic carbocycles. The van der Waals surface area contributed by atoms with Gasteiger partial charge in [-0.3, -0.25) is 4.79 Å². The number of amides is 1. The number of thioether (sulfide) groups is 1. The lowest BCUT2D eigenvalue weighted by atomic mass is 10.2. The first-order chi connectivity index (χ1) is 9.15. The highest BCUT2D eigenvalue weighted by atomic mass is 32.2. The molecule has 0 radical (unpaired) electrons. The summed E-state index contributed by atoms with van der Waals surface area (Å²) in [5, 5.41) is 4.90. The Balaban J connectivity index is 1.81. The van der Waals surface area contributed by atoms with Crippen LogP contribution in [0.1, 0.15) is 10.4 Å². The molecule has 0 spiro atoms. The van der Waals surface area contributed by atoms with Crippen LogP contribution >= 0.6 is 23.1 Å². The van der Waals surface area contributed by atoms with Gasteiger partial charge in [0.2, 0.25) is 5.91 Å². The van der Waals surface area contributed by atoms with Gasteiger partial charge in [-0.05, 0) is 36.1 Å². The zero-order valence-electron chi connectivity index (χ0n) is 10.7. The van der Waals surface area contributed by atoms with Gasteiger partial charge in [0.1, 0.15) is 0 Å². The maximum atomic E-state index is 11.7. The predicted molar refractivity (Wildman–Crippen MR) is 82.5 cm³/mol. The van der Waals surface area contributed by atoms with Gasteiger partial charge in [0.15, 0.2) is 0 Å². The Hall–Kier alpha value is -1.46. The van der Waals surface area contributed by atoms with E-state index < -0.39 is 0 Å². The van der Waals surface area contributed by atoms with E-state index in [0.717, 1.165) is 21.0 Å². The van der Waals surface area contributed by atoms with Gasteiger partial charge >= 0.3 is 0 Å². The number of carbonyl (C=O) groups excluding carboxylic acids is 1. The van der Waals surface area contributed by atoms with Crippen LogP contribution in [0.4, 0.5) is 5.69 Å². The van der Waals surface area contributed by atoms with E-state index in [1.165, 1.54) is 11.8 Å². The maximum Gasteiger partial charge on any atom is 0.230 e. The first kappa shape index (κ1) is 14.0. The van der Waals surface area contributed by atoms with E-state index in [4.69, 9.17) is 5.73 Å². The normalized spacial score (nSPS) is 10.4. The topological polar surface area (TPSA) is 55.1 Å². The number of nitrogen functional groups attached to an aromatic ring is 1. The van der Waals surface area contributed by atoms with Crippen LogP contribution in [0.25, 0.3) is 0 Å². The number of anilines is 1. The lowest BCUT2D eigenvalue weighted by molar-refractivity contribution is -0.118. The van der Waals surface area contributed by atoms with Crippen LogP contribution in [0, 0.1) is 6.92 Å². The highest BCUT2D eigenvalue weighted by Crippen LogP contribution is 2.25. The second-order valence-corrected chi connectivity index (χ2v) is 6.24. The fourth-order valence-corrected chi connectivity index (χ4v) is 3.10. The minimum absolute atomic E-state index is 0.0271. The summed E-state index contributed by atoms with van der Waals surface area (Å²) in [4.78, 5) is 13.9. The molecule has 0 aliphatic heterocycles. The van der Waals surface area contributed by atoms with Crippen molar-refractivity contribution < 1.29 is 4.79 Å². The minimum Gasteiger partial charge on any atom is -0.398 e. The van der Waals surface area contributed by atoms with Gasteiger partial charge in [-0.2, -0.15) is 0 Å². The second-order valence-electron chi connectivity index (χ2n) is 4.19. The van der Waals surface area contributed by atoms with Gasteiger partial charge in [0.25, 0.3) is 0 Å². The molecule has 1 heterocycles. The first-order valence-electron chi connectivity index (χ1n) is 5.93. The predicted octanol–water partition coefficient (Wildman–Crippen LogP) is 3.05. The van der Waals surface area contributed by atoms with E-state index >= 15 is 0 Å². The van der Waals surface area contributed by atoms with Crippen LogP contribution < -0.4 is 11.1 Å². The van der Waals surface area contributed by atoms with Gasteiger partial charge in [-0.1, -0.05) is 12.1 Å². The minimum atomic E-state index is 0.0271. The smallest absolute Gasteiger partial charge is 0.230 e. The number of nitrogens with two attached hydrogens (primary N) is 1. The van der Waals surface area contributed by atoms with Crippen molar-refractivity contribution in [1.29, 1.82) is 0 Å². The van der Waals surface area contributed by atoms with Crippen LogP contribution in [-0.2, 0) is 11.3 Å². The molecule has 2 rings (SSSR count). The standard InChI is InChI=1S/C14H16N2OS2/c1-10-4-5-12(15)13(7-10)19-9-14(17)16-8-11-3-2-6-18-11/h2-7H,8-9,15H2,1H3,(H,16,17). The van der Waals surface area contributed by atoms with Crippen molar-refractivity contribution in [1.82, 2.24) is 5.32 Å². The number of thiophene rings is 1. The molecular formula is C14H16N2OS2. The first-order valence-corrected chi connectivity index (χ1v) is 7.79. The third-order valence-corrected chi connectivity index (χ3v) is 4.52. The Morgan fingerprint density at radius 1 is 1.42 bits per heavy atom. The summed E-state index contributed by atoms with van der Waals surface area (Å²) in [6.07, 6.45) is 0. The molecular weight excluding hydrogens is 276 g/mol. The molecule has 2 aromatic rings. The van der Waals surface area contributed by atoms with Gasteiger partial charge in [-0.15, -0.1) is 23.1 Å². The van der Waals surface area contributed by atoms with Crippen molar-refractivity contribution in [2.45, 2.75) is 18.4 Å². The lowest BCUT2D eigenvalue weighted by Crippen LogP contribution is -2.24. The van der Waals surface area contributed by atoms with E-state index in [2.05, 4.69) is 5.32 Å². The number of nitrogens with one attached hydrogen (secondary N) is 1.